The van der Waals surface area contributed by atoms with Crippen LogP contribution in [0.4, 0.5) is 0 Å². The maximum Gasteiger partial charge on any atom is 0.223 e. The van der Waals surface area contributed by atoms with Crippen molar-refractivity contribution in [2.24, 2.45) is 0 Å². The molecule has 0 unspecified atom stereocenters. The molecule has 3 aromatic rings. The van der Waals surface area contributed by atoms with E-state index in [1.165, 1.54) is 0 Å². The molecule has 1 N–H and O–H groups in total. The summed E-state index contributed by atoms with van der Waals surface area (Å²) in [7, 11) is 0. The molecule has 5 nitrogen and oxygen atoms in total. The summed E-state index contributed by atoms with van der Waals surface area (Å²) < 4.78 is 7.29. The minimum absolute atomic E-state index is 0.0838. The van der Waals surface area contributed by atoms with Crippen LogP contribution in [0, 0.1) is 0 Å². The van der Waals surface area contributed by atoms with Crippen LogP contribution in [0.25, 0.3) is 5.69 Å². The van der Waals surface area contributed by atoms with E-state index in [9.17, 15) is 4.79 Å². The number of nitrogens with zero attached hydrogens (tertiary/aromatic N) is 2. The maximum atomic E-state index is 11.9. The number of para-hydroxylation sites is 2. The number of rotatable bonds is 7. The molecule has 0 spiro atoms. The predicted octanol–water partition coefficient (Wildman–Crippen LogP) is 3.61. The van der Waals surface area contributed by atoms with Crippen LogP contribution >= 0.6 is 11.6 Å². The largest absolute Gasteiger partial charge is 0.491 e. The molecule has 3 rings (SSSR count). The fourth-order valence-electron chi connectivity index (χ4n) is 2.28. The van der Waals surface area contributed by atoms with Crippen LogP contribution in [0.15, 0.2) is 67.0 Å². The second-order valence-electron chi connectivity index (χ2n) is 5.43. The molecule has 0 aliphatic rings. The van der Waals surface area contributed by atoms with E-state index < -0.39 is 0 Å². The van der Waals surface area contributed by atoms with Crippen LogP contribution in [0.5, 0.6) is 5.75 Å². The van der Waals surface area contributed by atoms with Crippen LogP contribution in [0.1, 0.15) is 12.0 Å². The lowest BCUT2D eigenvalue weighted by Crippen LogP contribution is -2.24. The van der Waals surface area contributed by atoms with E-state index in [1.54, 1.807) is 23.0 Å². The number of amides is 1. The van der Waals surface area contributed by atoms with E-state index in [1.807, 2.05) is 48.7 Å². The summed E-state index contributed by atoms with van der Waals surface area (Å²) in [6.45, 7) is 0.705. The number of ether oxygens (including phenoxy) is 1. The van der Waals surface area contributed by atoms with Gasteiger partial charge in [0.05, 0.1) is 29.9 Å². The average molecular weight is 356 g/mol. The Bertz CT molecular complexity index is 833. The van der Waals surface area contributed by atoms with E-state index >= 15 is 0 Å². The van der Waals surface area contributed by atoms with Gasteiger partial charge in [-0.3, -0.25) is 4.79 Å². The number of hydrogen-bond acceptors (Lipinski definition) is 3. The Morgan fingerprint density at radius 1 is 1.12 bits per heavy atom. The minimum atomic E-state index is -0.0838. The number of hydrogen-bond donors (Lipinski definition) is 1. The van der Waals surface area contributed by atoms with Crippen molar-refractivity contribution in [3.05, 3.63) is 77.6 Å². The van der Waals surface area contributed by atoms with Crippen molar-refractivity contribution in [3.8, 4) is 11.4 Å². The average Bonchev–Trinajstić information content (AvgIpc) is 3.11. The third-order valence-corrected chi connectivity index (χ3v) is 3.88. The molecule has 0 bridgehead atoms. The first-order valence-corrected chi connectivity index (χ1v) is 8.33. The number of benzene rings is 2. The normalized spacial score (nSPS) is 10.4. The van der Waals surface area contributed by atoms with Gasteiger partial charge >= 0.3 is 0 Å². The topological polar surface area (TPSA) is 56.1 Å². The molecule has 0 atom stereocenters. The van der Waals surface area contributed by atoms with Crippen LogP contribution in [0.3, 0.4) is 0 Å². The molecule has 1 amide bonds. The van der Waals surface area contributed by atoms with Gasteiger partial charge in [-0.2, -0.15) is 5.10 Å². The Balaban J connectivity index is 1.44. The predicted molar refractivity (Wildman–Crippen MR) is 97.0 cm³/mol. The van der Waals surface area contributed by atoms with Gasteiger partial charge in [0.25, 0.3) is 0 Å². The first-order chi connectivity index (χ1) is 12.2. The van der Waals surface area contributed by atoms with Gasteiger partial charge in [0, 0.05) is 18.3 Å². The molecule has 0 radical (unpaired) electrons. The highest BCUT2D eigenvalue weighted by Crippen LogP contribution is 2.23. The first-order valence-electron chi connectivity index (χ1n) is 7.95. The molecule has 0 saturated carbocycles. The van der Waals surface area contributed by atoms with Crippen molar-refractivity contribution in [3.63, 3.8) is 0 Å². The van der Waals surface area contributed by atoms with E-state index in [-0.39, 0.29) is 18.9 Å². The Kier molecular flexibility index (Phi) is 5.69. The summed E-state index contributed by atoms with van der Waals surface area (Å²) in [6.07, 6.45) is 3.90. The maximum absolute atomic E-state index is 11.9. The van der Waals surface area contributed by atoms with Crippen molar-refractivity contribution < 1.29 is 9.53 Å². The fourth-order valence-corrected chi connectivity index (χ4v) is 2.47. The van der Waals surface area contributed by atoms with Gasteiger partial charge in [-0.15, -0.1) is 0 Å². The highest BCUT2D eigenvalue weighted by Gasteiger charge is 2.06. The van der Waals surface area contributed by atoms with Crippen molar-refractivity contribution >= 4 is 17.5 Å². The summed E-state index contributed by atoms with van der Waals surface area (Å²) in [6, 6.07) is 17.0. The van der Waals surface area contributed by atoms with Crippen LogP contribution in [0.2, 0.25) is 5.02 Å². The third-order valence-electron chi connectivity index (χ3n) is 3.57. The molecule has 1 aromatic heterocycles. The lowest BCUT2D eigenvalue weighted by atomic mass is 10.3. The van der Waals surface area contributed by atoms with Crippen LogP contribution < -0.4 is 10.1 Å². The summed E-state index contributed by atoms with van der Waals surface area (Å²) >= 11 is 6.00. The van der Waals surface area contributed by atoms with Crippen molar-refractivity contribution in [2.75, 3.05) is 6.61 Å². The van der Waals surface area contributed by atoms with Crippen molar-refractivity contribution in [1.29, 1.82) is 0 Å². The number of halogens is 1. The smallest absolute Gasteiger partial charge is 0.223 e. The number of nitrogens with one attached hydrogen (secondary N) is 1. The fraction of sp³-hybridized carbons (Fsp3) is 0.158. The van der Waals surface area contributed by atoms with Gasteiger partial charge < -0.3 is 10.1 Å². The van der Waals surface area contributed by atoms with Gasteiger partial charge in [-0.1, -0.05) is 41.9 Å². The van der Waals surface area contributed by atoms with Crippen molar-refractivity contribution in [2.45, 2.75) is 13.0 Å². The summed E-state index contributed by atoms with van der Waals surface area (Å²) in [5, 5.41) is 7.70. The SMILES string of the molecule is O=C(CCOc1ccccc1Cl)NCc1cnn(-c2ccccc2)c1. The molecular formula is C19H18ClN3O2. The van der Waals surface area contributed by atoms with E-state index in [2.05, 4.69) is 10.4 Å². The zero-order chi connectivity index (χ0) is 17.5. The third kappa shape index (κ3) is 4.84. The monoisotopic (exact) mass is 355 g/mol. The zero-order valence-corrected chi connectivity index (χ0v) is 14.3. The van der Waals surface area contributed by atoms with Crippen LogP contribution in [-0.4, -0.2) is 22.3 Å². The lowest BCUT2D eigenvalue weighted by Gasteiger charge is -2.08. The molecule has 0 aliphatic heterocycles. The lowest BCUT2D eigenvalue weighted by molar-refractivity contribution is -0.121. The van der Waals surface area contributed by atoms with Gasteiger partial charge in [0.1, 0.15) is 5.75 Å². The molecule has 2 aromatic carbocycles. The number of aromatic nitrogens is 2. The van der Waals surface area contributed by atoms with E-state index in [4.69, 9.17) is 16.3 Å². The van der Waals surface area contributed by atoms with Crippen LogP contribution in [-0.2, 0) is 11.3 Å². The molecular weight excluding hydrogens is 338 g/mol. The molecule has 6 heteroatoms. The Hall–Kier alpha value is -2.79. The van der Waals surface area contributed by atoms with Gasteiger partial charge in [0.2, 0.25) is 5.91 Å². The van der Waals surface area contributed by atoms with Gasteiger partial charge in [-0.05, 0) is 24.3 Å². The number of carbonyl (C=O) groups excluding carboxylic acids is 1. The second kappa shape index (κ2) is 8.35. The quantitative estimate of drug-likeness (QED) is 0.704. The first kappa shape index (κ1) is 17.0. The van der Waals surface area contributed by atoms with Gasteiger partial charge in [0.15, 0.2) is 0 Å². The number of carbonyl (C=O) groups is 1. The molecule has 0 saturated heterocycles. The Labute approximate surface area is 151 Å². The molecule has 0 aliphatic carbocycles. The minimum Gasteiger partial charge on any atom is -0.491 e. The van der Waals surface area contributed by atoms with E-state index in [0.29, 0.717) is 17.3 Å². The molecule has 128 valence electrons. The van der Waals surface area contributed by atoms with Gasteiger partial charge in [-0.25, -0.2) is 4.68 Å². The summed E-state index contributed by atoms with van der Waals surface area (Å²) in [4.78, 5) is 11.9. The zero-order valence-electron chi connectivity index (χ0n) is 13.6. The van der Waals surface area contributed by atoms with Crippen molar-refractivity contribution in [1.82, 2.24) is 15.1 Å². The highest BCUT2D eigenvalue weighted by molar-refractivity contribution is 6.32. The Morgan fingerprint density at radius 2 is 1.88 bits per heavy atom. The molecule has 0 fully saturated rings. The summed E-state index contributed by atoms with van der Waals surface area (Å²) in [5.74, 6) is 0.501. The molecule has 25 heavy (non-hydrogen) atoms. The second-order valence-corrected chi connectivity index (χ2v) is 5.84. The summed E-state index contributed by atoms with van der Waals surface area (Å²) in [5.41, 5.74) is 1.91. The van der Waals surface area contributed by atoms with E-state index in [0.717, 1.165) is 11.3 Å². The Morgan fingerprint density at radius 3 is 2.68 bits per heavy atom. The highest BCUT2D eigenvalue weighted by atomic mass is 35.5. The molecule has 1 heterocycles. The standard InChI is InChI=1S/C19H18ClN3O2/c20-17-8-4-5-9-18(17)25-11-10-19(24)21-12-15-13-22-23(14-15)16-6-2-1-3-7-16/h1-9,13-14H,10-12H2,(H,21,24).